The summed E-state index contributed by atoms with van der Waals surface area (Å²) in [4.78, 5) is 23.6. The van der Waals surface area contributed by atoms with Gasteiger partial charge in [0.2, 0.25) is 11.6 Å². The van der Waals surface area contributed by atoms with Crippen molar-refractivity contribution in [2.75, 3.05) is 12.3 Å². The molecule has 33 heavy (non-hydrogen) atoms. The minimum Gasteiger partial charge on any atom is -0.484 e. The standard InChI is InChI=1S/C20H17N9O4/c21-15(30)11-32-14-8-6-12(7-9-14)10-23-25-20(31)16-17(13-4-2-1-3-5-13)29(28-24-16)19-18(22)26-33-27-19/h1-10H,11H2,(H2,21,30)(H2,22,26)(H,25,31)/b23-10+. The normalized spacial score (nSPS) is 10.9. The molecule has 2 heterocycles. The summed E-state index contributed by atoms with van der Waals surface area (Å²) in [6.45, 7) is -0.218. The van der Waals surface area contributed by atoms with Gasteiger partial charge >= 0.3 is 0 Å². The Morgan fingerprint density at radius 2 is 1.88 bits per heavy atom. The summed E-state index contributed by atoms with van der Waals surface area (Å²) in [5.74, 6) is -0.612. The molecule has 4 rings (SSSR count). The Balaban J connectivity index is 1.53. The Morgan fingerprint density at radius 1 is 1.12 bits per heavy atom. The number of anilines is 1. The first kappa shape index (κ1) is 21.2. The van der Waals surface area contributed by atoms with Gasteiger partial charge in [0.1, 0.15) is 11.4 Å². The Labute approximate surface area is 186 Å². The maximum atomic E-state index is 12.8. The van der Waals surface area contributed by atoms with Crippen molar-refractivity contribution in [2.24, 2.45) is 10.8 Å². The zero-order valence-electron chi connectivity index (χ0n) is 17.0. The number of primary amides is 1. The van der Waals surface area contributed by atoms with E-state index in [2.05, 4.69) is 35.8 Å². The highest BCUT2D eigenvalue weighted by Crippen LogP contribution is 2.26. The molecule has 2 aromatic heterocycles. The van der Waals surface area contributed by atoms with Gasteiger partial charge in [-0.15, -0.1) is 5.10 Å². The molecule has 13 heteroatoms. The molecule has 0 bridgehead atoms. The minimum absolute atomic E-state index is 0.00375. The third-order valence-corrected chi connectivity index (χ3v) is 4.27. The smallest absolute Gasteiger partial charge is 0.294 e. The lowest BCUT2D eigenvalue weighted by molar-refractivity contribution is -0.119. The SMILES string of the molecule is NC(=O)COc1ccc(/C=N/NC(=O)c2nnn(-c3nonc3N)c2-c2ccccc2)cc1. The van der Waals surface area contributed by atoms with Crippen LogP contribution in [0.3, 0.4) is 0 Å². The van der Waals surface area contributed by atoms with Crippen molar-refractivity contribution in [3.05, 3.63) is 65.9 Å². The number of rotatable bonds is 8. The summed E-state index contributed by atoms with van der Waals surface area (Å²) in [6, 6.07) is 15.7. The van der Waals surface area contributed by atoms with E-state index >= 15 is 0 Å². The van der Waals surface area contributed by atoms with Crippen LogP contribution in [0.4, 0.5) is 5.82 Å². The predicted octanol–water partition coefficient (Wildman–Crippen LogP) is 0.527. The average molecular weight is 447 g/mol. The van der Waals surface area contributed by atoms with Gasteiger partial charge in [0, 0.05) is 5.56 Å². The third-order valence-electron chi connectivity index (χ3n) is 4.27. The molecule has 0 aliphatic carbocycles. The molecule has 0 aliphatic heterocycles. The Bertz CT molecular complexity index is 1300. The fourth-order valence-corrected chi connectivity index (χ4v) is 2.80. The van der Waals surface area contributed by atoms with E-state index < -0.39 is 11.8 Å². The van der Waals surface area contributed by atoms with E-state index in [9.17, 15) is 9.59 Å². The monoisotopic (exact) mass is 447 g/mol. The summed E-state index contributed by atoms with van der Waals surface area (Å²) < 4.78 is 11.1. The summed E-state index contributed by atoms with van der Waals surface area (Å²) >= 11 is 0. The van der Waals surface area contributed by atoms with Crippen LogP contribution < -0.4 is 21.6 Å². The van der Waals surface area contributed by atoms with E-state index in [0.717, 1.165) is 0 Å². The Hall–Kier alpha value is -5.07. The Kier molecular flexibility index (Phi) is 6.02. The molecule has 0 spiro atoms. The van der Waals surface area contributed by atoms with E-state index in [0.29, 0.717) is 22.6 Å². The number of nitrogen functional groups attached to an aromatic ring is 1. The van der Waals surface area contributed by atoms with Crippen LogP contribution in [0.1, 0.15) is 16.1 Å². The van der Waals surface area contributed by atoms with E-state index in [1.807, 2.05) is 6.07 Å². The highest BCUT2D eigenvalue weighted by molar-refractivity contribution is 5.98. The lowest BCUT2D eigenvalue weighted by Crippen LogP contribution is -2.20. The number of benzene rings is 2. The quantitative estimate of drug-likeness (QED) is 0.255. The van der Waals surface area contributed by atoms with Crippen molar-refractivity contribution in [3.63, 3.8) is 0 Å². The van der Waals surface area contributed by atoms with Crippen molar-refractivity contribution in [3.8, 4) is 22.8 Å². The van der Waals surface area contributed by atoms with Gasteiger partial charge in [-0.1, -0.05) is 35.5 Å². The van der Waals surface area contributed by atoms with Crippen LogP contribution in [-0.4, -0.2) is 49.9 Å². The van der Waals surface area contributed by atoms with E-state index in [1.165, 1.54) is 10.9 Å². The topological polar surface area (TPSA) is 189 Å². The molecule has 0 aliphatic rings. The zero-order chi connectivity index (χ0) is 23.2. The molecule has 0 saturated heterocycles. The molecule has 166 valence electrons. The number of carbonyl (C=O) groups excluding carboxylic acids is 2. The minimum atomic E-state index is -0.604. The van der Waals surface area contributed by atoms with Crippen LogP contribution in [0.25, 0.3) is 17.1 Å². The van der Waals surface area contributed by atoms with Crippen molar-refractivity contribution in [1.82, 2.24) is 30.7 Å². The van der Waals surface area contributed by atoms with E-state index in [-0.39, 0.29) is 23.9 Å². The number of hydrogen-bond donors (Lipinski definition) is 3. The van der Waals surface area contributed by atoms with Crippen LogP contribution in [0.15, 0.2) is 64.3 Å². The molecule has 0 unspecified atom stereocenters. The first-order chi connectivity index (χ1) is 16.0. The molecule has 2 aromatic carbocycles. The van der Waals surface area contributed by atoms with Crippen molar-refractivity contribution >= 4 is 23.8 Å². The van der Waals surface area contributed by atoms with Gasteiger partial charge in [-0.2, -0.15) is 9.78 Å². The fourth-order valence-electron chi connectivity index (χ4n) is 2.80. The molecule has 13 nitrogen and oxygen atoms in total. The third kappa shape index (κ3) is 4.82. The van der Waals surface area contributed by atoms with Crippen molar-refractivity contribution in [2.45, 2.75) is 0 Å². The second-order valence-electron chi connectivity index (χ2n) is 6.56. The number of amides is 2. The van der Waals surface area contributed by atoms with Crippen LogP contribution in [-0.2, 0) is 4.79 Å². The molecule has 5 N–H and O–H groups in total. The van der Waals surface area contributed by atoms with Gasteiger partial charge in [0.15, 0.2) is 12.3 Å². The van der Waals surface area contributed by atoms with Gasteiger partial charge in [0.25, 0.3) is 11.8 Å². The average Bonchev–Trinajstić information content (AvgIpc) is 3.45. The highest BCUT2D eigenvalue weighted by atomic mass is 16.6. The van der Waals surface area contributed by atoms with Crippen LogP contribution in [0.2, 0.25) is 0 Å². The molecule has 0 atom stereocenters. The van der Waals surface area contributed by atoms with Gasteiger partial charge < -0.3 is 16.2 Å². The maximum Gasteiger partial charge on any atom is 0.294 e. The second-order valence-corrected chi connectivity index (χ2v) is 6.56. The number of nitrogens with one attached hydrogen (secondary N) is 1. The molecule has 0 saturated carbocycles. The molecular weight excluding hydrogens is 430 g/mol. The summed E-state index contributed by atoms with van der Waals surface area (Å²) in [7, 11) is 0. The summed E-state index contributed by atoms with van der Waals surface area (Å²) in [6.07, 6.45) is 1.43. The van der Waals surface area contributed by atoms with E-state index in [1.54, 1.807) is 48.5 Å². The molecule has 0 fully saturated rings. The largest absolute Gasteiger partial charge is 0.484 e. The lowest BCUT2D eigenvalue weighted by atomic mass is 10.1. The van der Waals surface area contributed by atoms with Crippen LogP contribution in [0, 0.1) is 0 Å². The molecule has 4 aromatic rings. The van der Waals surface area contributed by atoms with Crippen LogP contribution in [0.5, 0.6) is 5.75 Å². The number of hydrogen-bond acceptors (Lipinski definition) is 10. The van der Waals surface area contributed by atoms with Crippen LogP contribution >= 0.6 is 0 Å². The first-order valence-corrected chi connectivity index (χ1v) is 9.47. The number of aromatic nitrogens is 5. The van der Waals surface area contributed by atoms with E-state index in [4.69, 9.17) is 16.2 Å². The van der Waals surface area contributed by atoms with Gasteiger partial charge in [-0.25, -0.2) is 10.1 Å². The van der Waals surface area contributed by atoms with Crippen molar-refractivity contribution in [1.29, 1.82) is 0 Å². The summed E-state index contributed by atoms with van der Waals surface area (Å²) in [5.41, 5.74) is 14.9. The second kappa shape index (κ2) is 9.38. The molecular formula is C20H17N9O4. The predicted molar refractivity (Wildman–Crippen MR) is 115 cm³/mol. The van der Waals surface area contributed by atoms with Gasteiger partial charge in [-0.3, -0.25) is 9.59 Å². The number of ether oxygens (including phenoxy) is 1. The number of nitrogens with zero attached hydrogens (tertiary/aromatic N) is 6. The number of nitrogens with two attached hydrogens (primary N) is 2. The highest BCUT2D eigenvalue weighted by Gasteiger charge is 2.24. The maximum absolute atomic E-state index is 12.8. The molecule has 0 radical (unpaired) electrons. The van der Waals surface area contributed by atoms with Gasteiger partial charge in [-0.05, 0) is 40.1 Å². The first-order valence-electron chi connectivity index (χ1n) is 9.47. The summed E-state index contributed by atoms with van der Waals surface area (Å²) in [5, 5.41) is 19.2. The zero-order valence-corrected chi connectivity index (χ0v) is 17.0. The fraction of sp³-hybridized carbons (Fsp3) is 0.0500. The van der Waals surface area contributed by atoms with Crippen molar-refractivity contribution < 1.29 is 19.0 Å². The van der Waals surface area contributed by atoms with Gasteiger partial charge in [0.05, 0.1) is 6.21 Å². The Morgan fingerprint density at radius 3 is 2.55 bits per heavy atom. The lowest BCUT2D eigenvalue weighted by Gasteiger charge is -2.05. The molecule has 2 amide bonds. The number of hydrazone groups is 1. The number of carbonyl (C=O) groups is 2.